The largest absolute Gasteiger partial charge is 0.497 e. The molecule has 146 valence electrons. The van der Waals surface area contributed by atoms with Crippen LogP contribution in [-0.2, 0) is 4.79 Å². The minimum atomic E-state index is -0.130. The zero-order chi connectivity index (χ0) is 19.6. The molecule has 2 rings (SSSR count). The molecule has 0 atom stereocenters. The van der Waals surface area contributed by atoms with Crippen molar-refractivity contribution in [1.29, 1.82) is 0 Å². The Labute approximate surface area is 165 Å². The lowest BCUT2D eigenvalue weighted by Gasteiger charge is -2.17. The third-order valence-corrected chi connectivity index (χ3v) is 4.10. The number of benzene rings is 2. The van der Waals surface area contributed by atoms with Gasteiger partial charge in [0.25, 0.3) is 0 Å². The van der Waals surface area contributed by atoms with Gasteiger partial charge in [-0.05, 0) is 55.9 Å². The Hall–Kier alpha value is -2.44. The summed E-state index contributed by atoms with van der Waals surface area (Å²) < 4.78 is 16.0. The number of ether oxygens (including phenoxy) is 3. The van der Waals surface area contributed by atoms with Crippen molar-refractivity contribution in [2.75, 3.05) is 46.3 Å². The third-order valence-electron chi connectivity index (χ3n) is 3.86. The number of hydrogen-bond acceptors (Lipinski definition) is 5. The standard InChI is InChI=1S/C20H25ClN2O4/c1-23(11-4-12-27-17-8-6-16(25-2)7-9-17)14-20(24)22-18-13-15(21)5-10-19(18)26-3/h5-10,13H,4,11-12,14H2,1-3H3,(H,22,24). The smallest absolute Gasteiger partial charge is 0.238 e. The van der Waals surface area contributed by atoms with Crippen LogP contribution >= 0.6 is 11.6 Å². The molecule has 1 N–H and O–H groups in total. The maximum Gasteiger partial charge on any atom is 0.238 e. The molecule has 0 radical (unpaired) electrons. The molecule has 0 aliphatic heterocycles. The van der Waals surface area contributed by atoms with Crippen LogP contribution in [0.4, 0.5) is 5.69 Å². The molecular formula is C20H25ClN2O4. The van der Waals surface area contributed by atoms with Crippen molar-refractivity contribution >= 4 is 23.2 Å². The van der Waals surface area contributed by atoms with E-state index in [-0.39, 0.29) is 12.5 Å². The van der Waals surface area contributed by atoms with E-state index in [0.717, 1.165) is 24.5 Å². The Morgan fingerprint density at radius 3 is 2.44 bits per heavy atom. The Bertz CT molecular complexity index is 737. The van der Waals surface area contributed by atoms with Gasteiger partial charge in [0.2, 0.25) is 5.91 Å². The van der Waals surface area contributed by atoms with E-state index < -0.39 is 0 Å². The van der Waals surface area contributed by atoms with Crippen LogP contribution in [-0.4, -0.2) is 51.8 Å². The van der Waals surface area contributed by atoms with Gasteiger partial charge in [-0.15, -0.1) is 0 Å². The number of methoxy groups -OCH3 is 2. The summed E-state index contributed by atoms with van der Waals surface area (Å²) in [6.07, 6.45) is 0.802. The number of hydrogen-bond donors (Lipinski definition) is 1. The summed E-state index contributed by atoms with van der Waals surface area (Å²) in [6, 6.07) is 12.6. The fraction of sp³-hybridized carbons (Fsp3) is 0.350. The van der Waals surface area contributed by atoms with Gasteiger partial charge in [-0.3, -0.25) is 9.69 Å². The lowest BCUT2D eigenvalue weighted by Crippen LogP contribution is -2.31. The predicted octanol–water partition coefficient (Wildman–Crippen LogP) is 3.70. The maximum absolute atomic E-state index is 12.2. The van der Waals surface area contributed by atoms with Gasteiger partial charge in [0.15, 0.2) is 0 Å². The first-order valence-corrected chi connectivity index (χ1v) is 8.98. The summed E-state index contributed by atoms with van der Waals surface area (Å²) in [5, 5.41) is 3.36. The Kier molecular flexibility index (Phi) is 8.23. The lowest BCUT2D eigenvalue weighted by atomic mass is 10.3. The van der Waals surface area contributed by atoms with Crippen LogP contribution in [0.2, 0.25) is 5.02 Å². The number of halogens is 1. The van der Waals surface area contributed by atoms with E-state index >= 15 is 0 Å². The van der Waals surface area contributed by atoms with Crippen molar-refractivity contribution < 1.29 is 19.0 Å². The number of carbonyl (C=O) groups excluding carboxylic acids is 1. The number of rotatable bonds is 10. The van der Waals surface area contributed by atoms with Gasteiger partial charge < -0.3 is 19.5 Å². The van der Waals surface area contributed by atoms with Gasteiger partial charge in [0.05, 0.1) is 33.1 Å². The Balaban J connectivity index is 1.71. The lowest BCUT2D eigenvalue weighted by molar-refractivity contribution is -0.117. The number of carbonyl (C=O) groups is 1. The Morgan fingerprint density at radius 1 is 1.07 bits per heavy atom. The van der Waals surface area contributed by atoms with E-state index in [9.17, 15) is 4.79 Å². The normalized spacial score (nSPS) is 10.6. The van der Waals surface area contributed by atoms with Gasteiger partial charge >= 0.3 is 0 Å². The summed E-state index contributed by atoms with van der Waals surface area (Å²) in [6.45, 7) is 1.56. The molecule has 0 heterocycles. The highest BCUT2D eigenvalue weighted by Gasteiger charge is 2.10. The van der Waals surface area contributed by atoms with Gasteiger partial charge in [0, 0.05) is 11.6 Å². The maximum atomic E-state index is 12.2. The van der Waals surface area contributed by atoms with Crippen molar-refractivity contribution in [3.05, 3.63) is 47.5 Å². The molecule has 0 spiro atoms. The van der Waals surface area contributed by atoms with Crippen LogP contribution in [0, 0.1) is 0 Å². The molecule has 0 aliphatic carbocycles. The molecule has 7 heteroatoms. The number of nitrogens with one attached hydrogen (secondary N) is 1. The highest BCUT2D eigenvalue weighted by Crippen LogP contribution is 2.27. The number of amides is 1. The Morgan fingerprint density at radius 2 is 1.78 bits per heavy atom. The minimum absolute atomic E-state index is 0.130. The molecule has 27 heavy (non-hydrogen) atoms. The molecule has 1 amide bonds. The van der Waals surface area contributed by atoms with E-state index in [1.54, 1.807) is 32.4 Å². The van der Waals surface area contributed by atoms with Crippen molar-refractivity contribution in [3.8, 4) is 17.2 Å². The molecule has 6 nitrogen and oxygen atoms in total. The number of anilines is 1. The van der Waals surface area contributed by atoms with E-state index in [4.69, 9.17) is 25.8 Å². The summed E-state index contributed by atoms with van der Waals surface area (Å²) >= 11 is 5.98. The second kappa shape index (κ2) is 10.6. The highest BCUT2D eigenvalue weighted by atomic mass is 35.5. The molecular weight excluding hydrogens is 368 g/mol. The average Bonchev–Trinajstić information content (AvgIpc) is 2.66. The van der Waals surface area contributed by atoms with Crippen molar-refractivity contribution in [1.82, 2.24) is 4.90 Å². The molecule has 2 aromatic carbocycles. The van der Waals surface area contributed by atoms with Crippen molar-refractivity contribution in [2.45, 2.75) is 6.42 Å². The van der Waals surface area contributed by atoms with Crippen LogP contribution in [0.25, 0.3) is 0 Å². The van der Waals surface area contributed by atoms with Crippen molar-refractivity contribution in [2.24, 2.45) is 0 Å². The van der Waals surface area contributed by atoms with Gasteiger partial charge in [0.1, 0.15) is 17.2 Å². The van der Waals surface area contributed by atoms with Crippen LogP contribution in [0.5, 0.6) is 17.2 Å². The number of nitrogens with zero attached hydrogens (tertiary/aromatic N) is 1. The summed E-state index contributed by atoms with van der Waals surface area (Å²) in [4.78, 5) is 14.2. The number of likely N-dealkylation sites (N-methyl/N-ethyl adjacent to an activating group) is 1. The summed E-state index contributed by atoms with van der Waals surface area (Å²) in [5.74, 6) is 2.03. The van der Waals surface area contributed by atoms with E-state index in [0.29, 0.717) is 23.1 Å². The van der Waals surface area contributed by atoms with E-state index in [1.807, 2.05) is 36.2 Å². The molecule has 2 aromatic rings. The van der Waals surface area contributed by atoms with Gasteiger partial charge in [-0.2, -0.15) is 0 Å². The summed E-state index contributed by atoms with van der Waals surface area (Å²) in [5.41, 5.74) is 0.561. The second-order valence-corrected chi connectivity index (χ2v) is 6.44. The monoisotopic (exact) mass is 392 g/mol. The minimum Gasteiger partial charge on any atom is -0.497 e. The first-order chi connectivity index (χ1) is 13.0. The zero-order valence-corrected chi connectivity index (χ0v) is 16.6. The van der Waals surface area contributed by atoms with Crippen LogP contribution < -0.4 is 19.5 Å². The summed E-state index contributed by atoms with van der Waals surface area (Å²) in [7, 11) is 5.07. The predicted molar refractivity (Wildman–Crippen MR) is 107 cm³/mol. The molecule has 0 aromatic heterocycles. The van der Waals surface area contributed by atoms with Crippen LogP contribution in [0.1, 0.15) is 6.42 Å². The van der Waals surface area contributed by atoms with E-state index in [1.165, 1.54) is 0 Å². The SMILES string of the molecule is COc1ccc(OCCCN(C)CC(=O)Nc2cc(Cl)ccc2OC)cc1. The molecule has 0 aliphatic rings. The highest BCUT2D eigenvalue weighted by molar-refractivity contribution is 6.31. The average molecular weight is 393 g/mol. The van der Waals surface area contributed by atoms with E-state index in [2.05, 4.69) is 5.32 Å². The topological polar surface area (TPSA) is 60.0 Å². The van der Waals surface area contributed by atoms with Gasteiger partial charge in [-0.1, -0.05) is 11.6 Å². The van der Waals surface area contributed by atoms with Crippen molar-refractivity contribution in [3.63, 3.8) is 0 Å². The molecule has 0 bridgehead atoms. The van der Waals surface area contributed by atoms with Crippen LogP contribution in [0.3, 0.4) is 0 Å². The quantitative estimate of drug-likeness (QED) is 0.625. The molecule has 0 fully saturated rings. The van der Waals surface area contributed by atoms with Gasteiger partial charge in [-0.25, -0.2) is 0 Å². The first kappa shape index (κ1) is 20.9. The first-order valence-electron chi connectivity index (χ1n) is 8.60. The molecule has 0 unspecified atom stereocenters. The fourth-order valence-corrected chi connectivity index (χ4v) is 2.66. The molecule has 0 saturated heterocycles. The third kappa shape index (κ3) is 7.00. The second-order valence-electron chi connectivity index (χ2n) is 6.01. The zero-order valence-electron chi connectivity index (χ0n) is 15.8. The van der Waals surface area contributed by atoms with Crippen LogP contribution in [0.15, 0.2) is 42.5 Å². The fourth-order valence-electron chi connectivity index (χ4n) is 2.49. The molecule has 0 saturated carbocycles.